The van der Waals surface area contributed by atoms with Crippen LogP contribution in [0, 0.1) is 6.92 Å². The molecule has 2 aromatic carbocycles. The lowest BCUT2D eigenvalue weighted by Gasteiger charge is -2.26. The summed E-state index contributed by atoms with van der Waals surface area (Å²) in [5.41, 5.74) is 2.75. The fourth-order valence-corrected chi connectivity index (χ4v) is 2.45. The largest absolute Gasteiger partial charge is 0.477 e. The number of nitrogens with one attached hydrogen (secondary N) is 2. The quantitative estimate of drug-likeness (QED) is 0.873. The Bertz CT molecular complexity index is 688. The molecule has 0 saturated heterocycles. The van der Waals surface area contributed by atoms with Gasteiger partial charge < -0.3 is 15.4 Å². The summed E-state index contributed by atoms with van der Waals surface area (Å²) in [6, 6.07) is 13.3. The zero-order chi connectivity index (χ0) is 14.8. The van der Waals surface area contributed by atoms with E-state index in [0.717, 1.165) is 21.4 Å². The summed E-state index contributed by atoms with van der Waals surface area (Å²) in [6.07, 6.45) is -0.538. The van der Waals surface area contributed by atoms with Gasteiger partial charge in [-0.3, -0.25) is 4.79 Å². The van der Waals surface area contributed by atoms with Crippen LogP contribution in [-0.2, 0) is 4.79 Å². The third-order valence-corrected chi connectivity index (χ3v) is 4.24. The van der Waals surface area contributed by atoms with Crippen LogP contribution in [0.1, 0.15) is 5.56 Å². The average Bonchev–Trinajstić information content (AvgIpc) is 2.50. The molecule has 2 N–H and O–H groups in total. The molecule has 0 saturated carbocycles. The molecule has 1 aliphatic rings. The topological polar surface area (TPSA) is 50.4 Å². The number of aryl methyl sites for hydroxylation is 1. The fraction of sp³-hybridized carbons (Fsp3) is 0.188. The van der Waals surface area contributed by atoms with Gasteiger partial charge in [-0.25, -0.2) is 0 Å². The van der Waals surface area contributed by atoms with Crippen molar-refractivity contribution in [1.82, 2.24) is 0 Å². The predicted molar refractivity (Wildman–Crippen MR) is 86.9 cm³/mol. The van der Waals surface area contributed by atoms with Crippen LogP contribution in [0.15, 0.2) is 46.9 Å². The average molecular weight is 347 g/mol. The number of ether oxygens (including phenoxy) is 1. The van der Waals surface area contributed by atoms with Gasteiger partial charge in [0.15, 0.2) is 6.10 Å². The Balaban J connectivity index is 1.70. The van der Waals surface area contributed by atoms with Crippen molar-refractivity contribution in [2.75, 3.05) is 17.2 Å². The van der Waals surface area contributed by atoms with Crippen LogP contribution in [-0.4, -0.2) is 18.6 Å². The highest BCUT2D eigenvalue weighted by atomic mass is 79.9. The summed E-state index contributed by atoms with van der Waals surface area (Å²) < 4.78 is 6.75. The molecule has 1 amide bonds. The van der Waals surface area contributed by atoms with Crippen LogP contribution in [0.3, 0.4) is 0 Å². The van der Waals surface area contributed by atoms with Crippen LogP contribution in [0.4, 0.5) is 11.4 Å². The maximum absolute atomic E-state index is 12.3. The molecule has 21 heavy (non-hydrogen) atoms. The minimum atomic E-state index is -0.538. The van der Waals surface area contributed by atoms with Gasteiger partial charge in [0.05, 0.1) is 12.2 Å². The van der Waals surface area contributed by atoms with Crippen molar-refractivity contribution in [3.63, 3.8) is 0 Å². The molecule has 1 heterocycles. The Kier molecular flexibility index (Phi) is 3.84. The first-order chi connectivity index (χ1) is 10.1. The standard InChI is InChI=1S/C16H15BrN2O2/c1-10-8-11(6-7-12(10)17)19-16(20)15-9-18-13-4-2-3-5-14(13)21-15/h2-8,15,18H,9H2,1H3,(H,19,20). The maximum atomic E-state index is 12.3. The molecule has 0 spiro atoms. The van der Waals surface area contributed by atoms with Crippen molar-refractivity contribution in [1.29, 1.82) is 0 Å². The van der Waals surface area contributed by atoms with Crippen molar-refractivity contribution in [3.05, 3.63) is 52.5 Å². The number of hydrogen-bond donors (Lipinski definition) is 2. The number of hydrogen-bond acceptors (Lipinski definition) is 3. The zero-order valence-electron chi connectivity index (χ0n) is 11.5. The maximum Gasteiger partial charge on any atom is 0.267 e. The molecule has 0 fully saturated rings. The molecule has 0 aliphatic carbocycles. The highest BCUT2D eigenvalue weighted by Gasteiger charge is 2.25. The van der Waals surface area contributed by atoms with Crippen LogP contribution in [0.2, 0.25) is 0 Å². The number of amides is 1. The second kappa shape index (κ2) is 5.77. The van der Waals surface area contributed by atoms with Gasteiger partial charge in [0.25, 0.3) is 5.91 Å². The monoisotopic (exact) mass is 346 g/mol. The number of carbonyl (C=O) groups is 1. The molecule has 0 bridgehead atoms. The summed E-state index contributed by atoms with van der Waals surface area (Å²) in [6.45, 7) is 2.44. The van der Waals surface area contributed by atoms with Gasteiger partial charge in [-0.15, -0.1) is 0 Å². The lowest BCUT2D eigenvalue weighted by atomic mass is 10.2. The van der Waals surface area contributed by atoms with Crippen molar-refractivity contribution in [2.45, 2.75) is 13.0 Å². The van der Waals surface area contributed by atoms with E-state index in [4.69, 9.17) is 4.74 Å². The van der Waals surface area contributed by atoms with E-state index in [1.807, 2.05) is 49.4 Å². The van der Waals surface area contributed by atoms with E-state index < -0.39 is 6.10 Å². The first kappa shape index (κ1) is 13.9. The van der Waals surface area contributed by atoms with Crippen LogP contribution < -0.4 is 15.4 Å². The molecule has 0 radical (unpaired) electrons. The van der Waals surface area contributed by atoms with E-state index in [9.17, 15) is 4.79 Å². The molecular weight excluding hydrogens is 332 g/mol. The Morgan fingerprint density at radius 2 is 2.14 bits per heavy atom. The molecule has 1 unspecified atom stereocenters. The highest BCUT2D eigenvalue weighted by Crippen LogP contribution is 2.28. The number of para-hydroxylation sites is 2. The Labute approximate surface area is 131 Å². The molecule has 3 rings (SSSR count). The van der Waals surface area contributed by atoms with Crippen LogP contribution >= 0.6 is 15.9 Å². The minimum absolute atomic E-state index is 0.154. The van der Waals surface area contributed by atoms with E-state index in [1.165, 1.54) is 0 Å². The fourth-order valence-electron chi connectivity index (χ4n) is 2.20. The van der Waals surface area contributed by atoms with Gasteiger partial charge in [0.2, 0.25) is 0 Å². The number of halogens is 1. The second-order valence-corrected chi connectivity index (χ2v) is 5.79. The summed E-state index contributed by atoms with van der Waals surface area (Å²) >= 11 is 3.44. The lowest BCUT2D eigenvalue weighted by molar-refractivity contribution is -0.122. The smallest absolute Gasteiger partial charge is 0.267 e. The summed E-state index contributed by atoms with van der Waals surface area (Å²) in [5, 5.41) is 6.09. The van der Waals surface area contributed by atoms with Crippen LogP contribution in [0.5, 0.6) is 5.75 Å². The van der Waals surface area contributed by atoms with Crippen molar-refractivity contribution in [3.8, 4) is 5.75 Å². The van der Waals surface area contributed by atoms with Crippen molar-refractivity contribution in [2.24, 2.45) is 0 Å². The number of rotatable bonds is 2. The SMILES string of the molecule is Cc1cc(NC(=O)C2CNc3ccccc3O2)ccc1Br. The molecule has 4 nitrogen and oxygen atoms in total. The molecule has 108 valence electrons. The van der Waals surface area contributed by atoms with E-state index >= 15 is 0 Å². The Morgan fingerprint density at radius 3 is 2.95 bits per heavy atom. The number of anilines is 2. The number of carbonyl (C=O) groups excluding carboxylic acids is 1. The second-order valence-electron chi connectivity index (χ2n) is 4.94. The summed E-state index contributed by atoms with van der Waals surface area (Å²) in [7, 11) is 0. The molecule has 1 aliphatic heterocycles. The third kappa shape index (κ3) is 3.03. The van der Waals surface area contributed by atoms with E-state index in [2.05, 4.69) is 26.6 Å². The van der Waals surface area contributed by atoms with Gasteiger partial charge in [-0.1, -0.05) is 28.1 Å². The first-order valence-corrected chi connectivity index (χ1v) is 7.49. The Morgan fingerprint density at radius 1 is 1.33 bits per heavy atom. The third-order valence-electron chi connectivity index (χ3n) is 3.35. The first-order valence-electron chi connectivity index (χ1n) is 6.70. The van der Waals surface area contributed by atoms with Crippen molar-refractivity contribution >= 4 is 33.2 Å². The molecule has 0 aromatic heterocycles. The summed E-state index contributed by atoms with van der Waals surface area (Å²) in [4.78, 5) is 12.3. The highest BCUT2D eigenvalue weighted by molar-refractivity contribution is 9.10. The van der Waals surface area contributed by atoms with Gasteiger partial charge in [-0.05, 0) is 42.8 Å². The van der Waals surface area contributed by atoms with Crippen molar-refractivity contribution < 1.29 is 9.53 Å². The lowest BCUT2D eigenvalue weighted by Crippen LogP contribution is -2.41. The minimum Gasteiger partial charge on any atom is -0.477 e. The predicted octanol–water partition coefficient (Wildman–Crippen LogP) is 3.57. The zero-order valence-corrected chi connectivity index (χ0v) is 13.1. The molecular formula is C16H15BrN2O2. The molecule has 5 heteroatoms. The van der Waals surface area contributed by atoms with Gasteiger partial charge in [-0.2, -0.15) is 0 Å². The van der Waals surface area contributed by atoms with Gasteiger partial charge in [0, 0.05) is 10.2 Å². The number of fused-ring (bicyclic) bond motifs is 1. The Hall–Kier alpha value is -2.01. The van der Waals surface area contributed by atoms with E-state index in [0.29, 0.717) is 12.3 Å². The van der Waals surface area contributed by atoms with E-state index in [-0.39, 0.29) is 5.91 Å². The molecule has 2 aromatic rings. The van der Waals surface area contributed by atoms with E-state index in [1.54, 1.807) is 0 Å². The number of benzene rings is 2. The normalized spacial score (nSPS) is 16.4. The summed E-state index contributed by atoms with van der Waals surface area (Å²) in [5.74, 6) is 0.551. The van der Waals surface area contributed by atoms with Crippen LogP contribution in [0.25, 0.3) is 0 Å². The molecule has 1 atom stereocenters. The van der Waals surface area contributed by atoms with Gasteiger partial charge in [0.1, 0.15) is 5.75 Å². The van der Waals surface area contributed by atoms with Gasteiger partial charge >= 0.3 is 0 Å².